The minimum atomic E-state index is -0.480. The van der Waals surface area contributed by atoms with Crippen molar-refractivity contribution < 1.29 is 24.2 Å². The van der Waals surface area contributed by atoms with Gasteiger partial charge in [0.2, 0.25) is 6.08 Å². The highest BCUT2D eigenvalue weighted by Crippen LogP contribution is 2.27. The molecular formula is C47H58BCl6N9O5. The third kappa shape index (κ3) is 18.8. The predicted molar refractivity (Wildman–Crippen MR) is 285 cm³/mol. The summed E-state index contributed by atoms with van der Waals surface area (Å²) in [6, 6.07) is 25.3. The first-order chi connectivity index (χ1) is 30.6. The number of carbonyl (C=O) groups is 3. The van der Waals surface area contributed by atoms with Crippen LogP contribution in [0.3, 0.4) is 0 Å². The molecular weight excluding hydrogens is 994 g/mol. The van der Waals surface area contributed by atoms with Gasteiger partial charge in [-0.2, -0.15) is 4.99 Å². The van der Waals surface area contributed by atoms with Crippen LogP contribution in [0, 0.1) is 0 Å². The van der Waals surface area contributed by atoms with E-state index in [9.17, 15) is 24.2 Å². The lowest BCUT2D eigenvalue weighted by Crippen LogP contribution is -2.53. The van der Waals surface area contributed by atoms with Crippen molar-refractivity contribution >= 4 is 129 Å². The summed E-state index contributed by atoms with van der Waals surface area (Å²) < 4.78 is 0. The van der Waals surface area contributed by atoms with Crippen LogP contribution in [0.25, 0.3) is 0 Å². The summed E-state index contributed by atoms with van der Waals surface area (Å²) in [6.45, 7) is 5.98. The van der Waals surface area contributed by atoms with Gasteiger partial charge in [-0.1, -0.05) is 99.3 Å². The monoisotopic (exact) mass is 1050 g/mol. The van der Waals surface area contributed by atoms with Gasteiger partial charge in [0.25, 0.3) is 5.91 Å². The van der Waals surface area contributed by atoms with Gasteiger partial charge in [0.05, 0.1) is 5.69 Å². The van der Waals surface area contributed by atoms with Gasteiger partial charge in [-0.25, -0.2) is 14.4 Å². The van der Waals surface area contributed by atoms with Crippen LogP contribution in [-0.2, 0) is 4.79 Å². The molecule has 5 aromatic rings. The fraction of sp³-hybridized carbons (Fsp3) is 0.298. The van der Waals surface area contributed by atoms with Crippen LogP contribution >= 0.6 is 69.6 Å². The minimum absolute atomic E-state index is 0. The lowest BCUT2D eigenvalue weighted by atomic mass is 9.84. The van der Waals surface area contributed by atoms with Crippen molar-refractivity contribution in [2.24, 2.45) is 4.99 Å². The Kier molecular flexibility index (Phi) is 26.7. The van der Waals surface area contributed by atoms with Gasteiger partial charge in [-0.15, -0.1) is 0 Å². The molecule has 2 saturated heterocycles. The van der Waals surface area contributed by atoms with Crippen LogP contribution in [-0.4, -0.2) is 120 Å². The molecule has 21 heteroatoms. The second-order valence-corrected chi connectivity index (χ2v) is 16.9. The molecule has 2 aliphatic heterocycles. The number of aliphatic imine (C=N–C) groups is 1. The highest BCUT2D eigenvalue weighted by molar-refractivity contribution is 6.45. The molecule has 5 amide bonds. The lowest BCUT2D eigenvalue weighted by molar-refractivity contribution is 0.0671. The number of benzene rings is 4. The second kappa shape index (κ2) is 29.7. The third-order valence-electron chi connectivity index (χ3n) is 9.79. The van der Waals surface area contributed by atoms with Crippen molar-refractivity contribution in [2.45, 2.75) is 36.5 Å². The van der Waals surface area contributed by atoms with E-state index in [4.69, 9.17) is 69.6 Å². The van der Waals surface area contributed by atoms with Gasteiger partial charge < -0.3 is 40.1 Å². The summed E-state index contributed by atoms with van der Waals surface area (Å²) in [5.74, 6) is -0.0465. The van der Waals surface area contributed by atoms with Crippen molar-refractivity contribution in [3.05, 3.63) is 139 Å². The van der Waals surface area contributed by atoms with Crippen molar-refractivity contribution in [1.82, 2.24) is 24.5 Å². The molecule has 7 rings (SSSR count). The van der Waals surface area contributed by atoms with Gasteiger partial charge in [-0.05, 0) is 97.8 Å². The molecule has 0 saturated carbocycles. The molecule has 14 nitrogen and oxygen atoms in total. The average molecular weight is 1050 g/mol. The van der Waals surface area contributed by atoms with Crippen molar-refractivity contribution in [3.8, 4) is 0 Å². The number of hydrogen-bond acceptors (Lipinski definition) is 9. The largest absolute Gasteiger partial charge is 0.437 e. The van der Waals surface area contributed by atoms with Gasteiger partial charge >= 0.3 is 19.1 Å². The number of nitrogens with one attached hydrogen (secondary N) is 2. The van der Waals surface area contributed by atoms with Gasteiger partial charge in [0.1, 0.15) is 0 Å². The van der Waals surface area contributed by atoms with E-state index in [0.29, 0.717) is 105 Å². The molecule has 0 aliphatic carbocycles. The zero-order valence-corrected chi connectivity index (χ0v) is 39.1. The minimum Gasteiger partial charge on any atom is -0.437 e. The number of piperazine rings is 2. The topological polar surface area (TPSA) is 154 Å². The number of aromatic nitrogens is 1. The van der Waals surface area contributed by atoms with Crippen LogP contribution in [0.2, 0.25) is 37.0 Å². The van der Waals surface area contributed by atoms with E-state index in [0.717, 1.165) is 11.4 Å². The summed E-state index contributed by atoms with van der Waals surface area (Å²) in [5, 5.41) is 17.8. The number of urea groups is 2. The summed E-state index contributed by atoms with van der Waals surface area (Å²) in [7, 11) is 1.49. The Labute approximate surface area is 430 Å². The summed E-state index contributed by atoms with van der Waals surface area (Å²) in [5.41, 5.74) is 4.13. The number of carbonyl (C=O) groups excluding carboxylic acids is 4. The van der Waals surface area contributed by atoms with E-state index in [1.165, 1.54) is 18.2 Å². The predicted octanol–water partition coefficient (Wildman–Crippen LogP) is 12.9. The zero-order valence-electron chi connectivity index (χ0n) is 34.5. The van der Waals surface area contributed by atoms with E-state index in [1.807, 2.05) is 53.2 Å². The summed E-state index contributed by atoms with van der Waals surface area (Å²) in [6.07, 6.45) is 4.88. The standard InChI is InChI=1S/C24H23Cl2N5O2.C12H16BCl2N3O2.C7H3Cl2NO.4CH4/c1-29(22-6-8-27-9-7-22)21-4-2-17(3-5-21)23(32)30-10-12-31(13-11-30)24(33)28-20-15-18(25)14-19(26)16-20;1-13(20)18-4-2-17(3-5-18)12(19)16-11-7-9(14)6-10(15)8-11;8-5-1-6(9)3-7(2-5)10-4-11;;;;/h2-9,14-16H,10-13H2,1H3,(H,28,33);6-8,20H,2-5H2,1H3,(H,16,19);1-3H;4*1H4. The second-order valence-electron chi connectivity index (χ2n) is 14.3. The quantitative estimate of drug-likeness (QED) is 0.0827. The highest BCUT2D eigenvalue weighted by Gasteiger charge is 2.26. The fourth-order valence-electron chi connectivity index (χ4n) is 6.45. The number of pyridine rings is 1. The maximum Gasteiger partial charge on any atom is 0.376 e. The van der Waals surface area contributed by atoms with Crippen molar-refractivity contribution in [2.75, 3.05) is 74.9 Å². The molecule has 2 aliphatic rings. The number of halogens is 6. The van der Waals surface area contributed by atoms with Crippen molar-refractivity contribution in [1.29, 1.82) is 0 Å². The molecule has 0 unspecified atom stereocenters. The molecule has 0 atom stereocenters. The number of nitrogens with zero attached hydrogens (tertiary/aromatic N) is 7. The molecule has 366 valence electrons. The summed E-state index contributed by atoms with van der Waals surface area (Å²) >= 11 is 35.0. The van der Waals surface area contributed by atoms with E-state index in [2.05, 4.69) is 20.6 Å². The Bertz CT molecular complexity index is 2380. The van der Waals surface area contributed by atoms with Crippen LogP contribution in [0.4, 0.5) is 38.0 Å². The molecule has 3 heterocycles. The normalized spacial score (nSPS) is 12.8. The maximum atomic E-state index is 12.9. The maximum absolute atomic E-state index is 12.9. The smallest absolute Gasteiger partial charge is 0.376 e. The molecule has 2 fully saturated rings. The number of amides is 5. The molecule has 1 aromatic heterocycles. The molecule has 68 heavy (non-hydrogen) atoms. The van der Waals surface area contributed by atoms with E-state index < -0.39 is 7.05 Å². The fourth-order valence-corrected chi connectivity index (χ4v) is 8.02. The van der Waals surface area contributed by atoms with Gasteiger partial charge in [-0.3, -0.25) is 9.78 Å². The Morgan fingerprint density at radius 1 is 0.603 bits per heavy atom. The average Bonchev–Trinajstić information content (AvgIpc) is 3.26. The SMILES string of the molecule is C.C.C.C.CB(O)N1CCN(C(=O)Nc2cc(Cl)cc(Cl)c2)CC1.CN(c1ccncc1)c1ccc(C(=O)N2CCN(C(=O)Nc3cc(Cl)cc(Cl)c3)CC2)cc1.O=C=Nc1cc(Cl)cc(Cl)c1. The Morgan fingerprint density at radius 2 is 0.971 bits per heavy atom. The molecule has 0 radical (unpaired) electrons. The third-order valence-corrected chi connectivity index (χ3v) is 11.1. The Hall–Kier alpha value is -5.06. The Morgan fingerprint density at radius 3 is 1.37 bits per heavy atom. The first-order valence-corrected chi connectivity index (χ1v) is 21.9. The highest BCUT2D eigenvalue weighted by atomic mass is 35.5. The van der Waals surface area contributed by atoms with Crippen LogP contribution in [0.5, 0.6) is 0 Å². The van der Waals surface area contributed by atoms with Gasteiger partial charge in [0, 0.05) is 130 Å². The van der Waals surface area contributed by atoms with Gasteiger partial charge in [0.15, 0.2) is 0 Å². The zero-order chi connectivity index (χ0) is 46.3. The van der Waals surface area contributed by atoms with E-state index in [1.54, 1.807) is 76.4 Å². The van der Waals surface area contributed by atoms with Crippen molar-refractivity contribution in [3.63, 3.8) is 0 Å². The number of hydrogen-bond donors (Lipinski definition) is 3. The number of isocyanates is 1. The van der Waals surface area contributed by atoms with Crippen LogP contribution in [0.15, 0.2) is 108 Å². The number of rotatable bonds is 7. The number of anilines is 4. The van der Waals surface area contributed by atoms with Crippen LogP contribution < -0.4 is 15.5 Å². The first kappa shape index (κ1) is 61.0. The molecule has 4 aromatic carbocycles. The molecule has 0 spiro atoms. The summed E-state index contributed by atoms with van der Waals surface area (Å²) in [4.78, 5) is 63.9. The molecule has 0 bridgehead atoms. The Balaban J connectivity index is 0.000000564. The lowest BCUT2D eigenvalue weighted by Gasteiger charge is -2.35. The van der Waals surface area contributed by atoms with E-state index >= 15 is 0 Å². The first-order valence-electron chi connectivity index (χ1n) is 19.6. The van der Waals surface area contributed by atoms with E-state index in [-0.39, 0.29) is 47.7 Å². The molecule has 3 N–H and O–H groups in total. The van der Waals surface area contributed by atoms with Crippen LogP contribution in [0.1, 0.15) is 40.1 Å².